The maximum absolute atomic E-state index is 13.6. The Kier molecular flexibility index (Phi) is 3.82. The molecular weight excluding hydrogens is 357 g/mol. The van der Waals surface area contributed by atoms with Gasteiger partial charge >= 0.3 is 0 Å². The minimum Gasteiger partial charge on any atom is -0.351 e. The lowest BCUT2D eigenvalue weighted by Gasteiger charge is -2.26. The van der Waals surface area contributed by atoms with Crippen LogP contribution < -0.4 is 10.9 Å². The van der Waals surface area contributed by atoms with Crippen LogP contribution in [0.15, 0.2) is 47.3 Å². The highest BCUT2D eigenvalue weighted by Crippen LogP contribution is 2.32. The third kappa shape index (κ3) is 2.80. The molecule has 2 aliphatic heterocycles. The number of rotatable bonds is 1. The van der Waals surface area contributed by atoms with E-state index in [9.17, 15) is 14.0 Å². The molecule has 1 amide bonds. The smallest absolute Gasteiger partial charge is 0.261 e. The van der Waals surface area contributed by atoms with Gasteiger partial charge in [-0.1, -0.05) is 18.2 Å². The largest absolute Gasteiger partial charge is 0.351 e. The quantitative estimate of drug-likeness (QED) is 0.708. The topological polar surface area (TPSA) is 64.0 Å². The zero-order valence-corrected chi connectivity index (χ0v) is 15.4. The number of carbonyl (C=O) groups excluding carboxylic acids is 1. The molecule has 1 aromatic heterocycles. The summed E-state index contributed by atoms with van der Waals surface area (Å²) >= 11 is 0. The van der Waals surface area contributed by atoms with Crippen molar-refractivity contribution in [1.82, 2.24) is 14.9 Å². The van der Waals surface area contributed by atoms with Gasteiger partial charge in [-0.3, -0.25) is 14.2 Å². The van der Waals surface area contributed by atoms with Gasteiger partial charge in [-0.15, -0.1) is 0 Å². The molecule has 1 spiro atoms. The Bertz CT molecular complexity index is 1170. The number of fused-ring (bicyclic) bond motifs is 2. The van der Waals surface area contributed by atoms with Crippen LogP contribution >= 0.6 is 0 Å². The molecule has 0 aliphatic carbocycles. The van der Waals surface area contributed by atoms with E-state index in [1.807, 2.05) is 18.2 Å². The third-order valence-electron chi connectivity index (χ3n) is 6.07. The van der Waals surface area contributed by atoms with Crippen molar-refractivity contribution >= 4 is 16.8 Å². The van der Waals surface area contributed by atoms with E-state index in [0.29, 0.717) is 30.3 Å². The second kappa shape index (κ2) is 6.26. The van der Waals surface area contributed by atoms with Crippen LogP contribution in [0, 0.1) is 5.82 Å². The molecule has 0 saturated carbocycles. The number of halogens is 1. The molecule has 3 aromatic rings. The Hall–Kier alpha value is -3.02. The van der Waals surface area contributed by atoms with Crippen molar-refractivity contribution in [3.8, 4) is 11.1 Å². The molecule has 0 radical (unpaired) electrons. The Morgan fingerprint density at radius 1 is 1.00 bits per heavy atom. The van der Waals surface area contributed by atoms with Gasteiger partial charge < -0.3 is 5.32 Å². The molecule has 2 aromatic carbocycles. The highest BCUT2D eigenvalue weighted by molar-refractivity contribution is 5.83. The van der Waals surface area contributed by atoms with Gasteiger partial charge in [-0.25, -0.2) is 9.37 Å². The predicted molar refractivity (Wildman–Crippen MR) is 104 cm³/mol. The van der Waals surface area contributed by atoms with Crippen molar-refractivity contribution in [2.75, 3.05) is 0 Å². The average Bonchev–Trinajstić information content (AvgIpc) is 2.96. The predicted octanol–water partition coefficient (Wildman–Crippen LogP) is 3.19. The summed E-state index contributed by atoms with van der Waals surface area (Å²) in [6.45, 7) is 0.559. The van der Waals surface area contributed by atoms with E-state index in [2.05, 4.69) is 5.32 Å². The second-order valence-corrected chi connectivity index (χ2v) is 7.81. The van der Waals surface area contributed by atoms with E-state index in [1.54, 1.807) is 16.7 Å². The highest BCUT2D eigenvalue weighted by atomic mass is 19.1. The molecule has 5 rings (SSSR count). The summed E-state index contributed by atoms with van der Waals surface area (Å²) in [4.78, 5) is 29.6. The maximum atomic E-state index is 13.6. The van der Waals surface area contributed by atoms with Gasteiger partial charge in [0.05, 0.1) is 10.9 Å². The van der Waals surface area contributed by atoms with Crippen LogP contribution in [0.5, 0.6) is 0 Å². The van der Waals surface area contributed by atoms with Crippen LogP contribution in [0.25, 0.3) is 22.0 Å². The van der Waals surface area contributed by atoms with Crippen LogP contribution in [0.2, 0.25) is 0 Å². The summed E-state index contributed by atoms with van der Waals surface area (Å²) in [5, 5.41) is 3.69. The van der Waals surface area contributed by atoms with Crippen LogP contribution in [0.4, 0.5) is 4.39 Å². The molecule has 5 nitrogen and oxygen atoms in total. The number of carbonyl (C=O) groups is 1. The number of aromatic nitrogens is 2. The zero-order chi connectivity index (χ0) is 19.3. The molecular formula is C22H20FN3O2. The SMILES string of the molecule is O=C1CCC2(CCc3nc4cc(-c5cccc(F)c5)ccc4c(=O)n3CC2)N1. The molecule has 0 bridgehead atoms. The first-order chi connectivity index (χ1) is 13.5. The Morgan fingerprint density at radius 2 is 1.82 bits per heavy atom. The molecule has 1 saturated heterocycles. The van der Waals surface area contributed by atoms with Crippen LogP contribution in [0.3, 0.4) is 0 Å². The van der Waals surface area contributed by atoms with Gasteiger partial charge in [0.25, 0.3) is 5.56 Å². The van der Waals surface area contributed by atoms with Gasteiger partial charge in [0.2, 0.25) is 5.91 Å². The lowest BCUT2D eigenvalue weighted by Crippen LogP contribution is -2.42. The lowest BCUT2D eigenvalue weighted by molar-refractivity contribution is -0.119. The number of hydrogen-bond donors (Lipinski definition) is 1. The Morgan fingerprint density at radius 3 is 2.61 bits per heavy atom. The summed E-state index contributed by atoms with van der Waals surface area (Å²) < 4.78 is 15.3. The molecule has 1 atom stereocenters. The molecule has 1 unspecified atom stereocenters. The van der Waals surface area contributed by atoms with E-state index in [-0.39, 0.29) is 22.8 Å². The van der Waals surface area contributed by atoms with E-state index < -0.39 is 0 Å². The number of nitrogens with zero attached hydrogens (tertiary/aromatic N) is 2. The fourth-order valence-electron chi connectivity index (χ4n) is 4.49. The molecule has 3 heterocycles. The molecule has 6 heteroatoms. The van der Waals surface area contributed by atoms with Gasteiger partial charge in [0.1, 0.15) is 11.6 Å². The van der Waals surface area contributed by atoms with Crippen LogP contribution in [0.1, 0.15) is 31.5 Å². The number of hydrogen-bond acceptors (Lipinski definition) is 3. The summed E-state index contributed by atoms with van der Waals surface area (Å²) in [6.07, 6.45) is 3.56. The summed E-state index contributed by atoms with van der Waals surface area (Å²) in [6, 6.07) is 11.9. The van der Waals surface area contributed by atoms with Gasteiger partial charge in [-0.05, 0) is 54.7 Å². The fraction of sp³-hybridized carbons (Fsp3) is 0.318. The van der Waals surface area contributed by atoms with Crippen molar-refractivity contribution in [3.63, 3.8) is 0 Å². The maximum Gasteiger partial charge on any atom is 0.261 e. The van der Waals surface area contributed by atoms with Gasteiger partial charge in [0, 0.05) is 24.9 Å². The van der Waals surface area contributed by atoms with Crippen molar-refractivity contribution in [1.29, 1.82) is 0 Å². The van der Waals surface area contributed by atoms with Crippen molar-refractivity contribution in [3.05, 3.63) is 64.5 Å². The first-order valence-electron chi connectivity index (χ1n) is 9.64. The lowest BCUT2D eigenvalue weighted by atomic mass is 9.89. The highest BCUT2D eigenvalue weighted by Gasteiger charge is 2.39. The normalized spacial score (nSPS) is 21.5. The van der Waals surface area contributed by atoms with E-state index in [0.717, 1.165) is 36.2 Å². The molecule has 142 valence electrons. The zero-order valence-electron chi connectivity index (χ0n) is 15.4. The molecule has 1 fully saturated rings. The van der Waals surface area contributed by atoms with E-state index in [1.165, 1.54) is 12.1 Å². The Balaban J connectivity index is 1.57. The third-order valence-corrected chi connectivity index (χ3v) is 6.07. The van der Waals surface area contributed by atoms with Crippen LogP contribution in [-0.2, 0) is 17.8 Å². The average molecular weight is 377 g/mol. The fourth-order valence-corrected chi connectivity index (χ4v) is 4.49. The van der Waals surface area contributed by atoms with Crippen molar-refractivity contribution in [2.24, 2.45) is 0 Å². The molecule has 2 aliphatic rings. The number of nitrogens with one attached hydrogen (secondary N) is 1. The summed E-state index contributed by atoms with van der Waals surface area (Å²) in [7, 11) is 0. The van der Waals surface area contributed by atoms with Crippen LogP contribution in [-0.4, -0.2) is 21.0 Å². The minimum absolute atomic E-state index is 0.0489. The first kappa shape index (κ1) is 17.1. The number of amides is 1. The van der Waals surface area contributed by atoms with E-state index >= 15 is 0 Å². The number of aryl methyl sites for hydroxylation is 1. The van der Waals surface area contributed by atoms with Gasteiger partial charge in [-0.2, -0.15) is 0 Å². The second-order valence-electron chi connectivity index (χ2n) is 7.81. The molecule has 1 N–H and O–H groups in total. The van der Waals surface area contributed by atoms with Gasteiger partial charge in [0.15, 0.2) is 0 Å². The number of benzene rings is 2. The first-order valence-corrected chi connectivity index (χ1v) is 9.64. The monoisotopic (exact) mass is 377 g/mol. The van der Waals surface area contributed by atoms with Crippen molar-refractivity contribution < 1.29 is 9.18 Å². The standard InChI is InChI=1S/C22H20FN3O2/c23-16-3-1-2-14(12-16)15-4-5-17-18(13-15)24-19-6-8-22(9-7-20(27)25-22)10-11-26(19)21(17)28/h1-5,12-13H,6-11H2,(H,25,27). The summed E-state index contributed by atoms with van der Waals surface area (Å²) in [5.74, 6) is 0.555. The van der Waals surface area contributed by atoms with E-state index in [4.69, 9.17) is 4.98 Å². The minimum atomic E-state index is -0.295. The Labute approximate surface area is 161 Å². The summed E-state index contributed by atoms with van der Waals surface area (Å²) in [5.41, 5.74) is 1.95. The molecule has 28 heavy (non-hydrogen) atoms. The van der Waals surface area contributed by atoms with Crippen molar-refractivity contribution in [2.45, 2.75) is 44.2 Å².